The molecule has 0 aromatic heterocycles. The summed E-state index contributed by atoms with van der Waals surface area (Å²) in [5.41, 5.74) is 0. The van der Waals surface area contributed by atoms with Crippen molar-refractivity contribution < 1.29 is 41.1 Å². The molecule has 3 saturated heterocycles. The molecule has 0 spiro atoms. The van der Waals surface area contributed by atoms with Crippen molar-refractivity contribution in [2.45, 2.75) is 100 Å². The molecule has 0 unspecified atom stereocenters. The molecule has 0 aromatic rings. The fraction of sp³-hybridized carbons (Fsp3) is 0.800. The minimum atomic E-state index is -5.26. The van der Waals surface area contributed by atoms with Gasteiger partial charge in [0.05, 0.1) is 12.0 Å². The van der Waals surface area contributed by atoms with Crippen molar-refractivity contribution in [3.05, 3.63) is 0 Å². The summed E-state index contributed by atoms with van der Waals surface area (Å²) in [5.74, 6) is -10.2. The molecule has 39 heavy (non-hydrogen) atoms. The predicted molar refractivity (Wildman–Crippen MR) is 125 cm³/mol. The monoisotopic (exact) mass is 561 g/mol. The molecule has 0 radical (unpaired) electrons. The van der Waals surface area contributed by atoms with Crippen LogP contribution in [0, 0.1) is 29.1 Å². The molecule has 4 amide bonds. The highest BCUT2D eigenvalue weighted by Crippen LogP contribution is 2.49. The normalized spacial score (nSPS) is 29.8. The van der Waals surface area contributed by atoms with Gasteiger partial charge in [0.15, 0.2) is 0 Å². The van der Waals surface area contributed by atoms with Crippen LogP contribution < -0.4 is 16.0 Å². The first-order chi connectivity index (χ1) is 18.3. The Labute approximate surface area is 222 Å². The van der Waals surface area contributed by atoms with Crippen LogP contribution in [-0.2, 0) is 19.2 Å². The van der Waals surface area contributed by atoms with Crippen LogP contribution in [0.1, 0.15) is 64.2 Å². The lowest BCUT2D eigenvalue weighted by molar-refractivity contribution is -0.196. The van der Waals surface area contributed by atoms with Crippen molar-refractivity contribution in [3.8, 4) is 6.07 Å². The zero-order valence-corrected chi connectivity index (χ0v) is 21.2. The number of carbonyl (C=O) groups is 4. The number of nitrogens with zero attached hydrogens (tertiary/aromatic N) is 2. The largest absolute Gasteiger partial charge is 0.471 e. The predicted octanol–water partition coefficient (Wildman–Crippen LogP) is 2.16. The maximum Gasteiger partial charge on any atom is 0.471 e. The van der Waals surface area contributed by atoms with Gasteiger partial charge in [0.2, 0.25) is 17.7 Å². The van der Waals surface area contributed by atoms with Gasteiger partial charge < -0.3 is 20.9 Å². The molecule has 2 bridgehead atoms. The van der Waals surface area contributed by atoms with E-state index < -0.39 is 72.2 Å². The van der Waals surface area contributed by atoms with Gasteiger partial charge in [-0.25, -0.2) is 8.78 Å². The Morgan fingerprint density at radius 3 is 2.36 bits per heavy atom. The van der Waals surface area contributed by atoms with Crippen LogP contribution in [-0.4, -0.2) is 71.3 Å². The number of nitriles is 1. The Morgan fingerprint density at radius 2 is 1.79 bits per heavy atom. The molecule has 2 aliphatic carbocycles. The van der Waals surface area contributed by atoms with Gasteiger partial charge >= 0.3 is 12.1 Å². The summed E-state index contributed by atoms with van der Waals surface area (Å²) >= 11 is 0. The minimum Gasteiger partial charge on any atom is -0.356 e. The minimum absolute atomic E-state index is 0.0504. The number of hydrogen-bond acceptors (Lipinski definition) is 5. The van der Waals surface area contributed by atoms with Gasteiger partial charge in [-0.15, -0.1) is 0 Å². The number of carbonyl (C=O) groups excluding carboxylic acids is 4. The maximum atomic E-state index is 15.0. The zero-order chi connectivity index (χ0) is 28.5. The second kappa shape index (κ2) is 11.3. The van der Waals surface area contributed by atoms with Crippen molar-refractivity contribution in [1.82, 2.24) is 20.9 Å². The van der Waals surface area contributed by atoms with Crippen LogP contribution in [0.15, 0.2) is 0 Å². The van der Waals surface area contributed by atoms with Crippen LogP contribution in [0.2, 0.25) is 0 Å². The standard InChI is InChI=1S/C25H32F5N5O4/c26-24(27)11-16-6-7-17(24)19(21(37)33-15(12-31)10-14-5-2-8-32-20(14)36)35(16)22(38)18(9-13-3-1-4-13)34-23(39)25(28,29)30/h13-19H,1-11H2,(H,32,36)(H,33,37)(H,34,39)/t14-,15-,16+,17+,18+,19+/m0/s1. The summed E-state index contributed by atoms with van der Waals surface area (Å²) < 4.78 is 69.1. The summed E-state index contributed by atoms with van der Waals surface area (Å²) in [4.78, 5) is 51.9. The van der Waals surface area contributed by atoms with E-state index in [1.54, 1.807) is 5.32 Å². The molecule has 9 nitrogen and oxygen atoms in total. The van der Waals surface area contributed by atoms with Gasteiger partial charge in [-0.3, -0.25) is 19.2 Å². The Balaban J connectivity index is 1.57. The van der Waals surface area contributed by atoms with E-state index in [1.165, 1.54) is 0 Å². The highest BCUT2D eigenvalue weighted by Gasteiger charge is 2.61. The third-order valence-corrected chi connectivity index (χ3v) is 8.51. The van der Waals surface area contributed by atoms with E-state index in [2.05, 4.69) is 10.6 Å². The highest BCUT2D eigenvalue weighted by molar-refractivity contribution is 5.94. The molecule has 3 heterocycles. The second-order valence-electron chi connectivity index (χ2n) is 11.1. The van der Waals surface area contributed by atoms with Crippen LogP contribution in [0.25, 0.3) is 0 Å². The third-order valence-electron chi connectivity index (χ3n) is 8.51. The SMILES string of the molecule is N#C[C@H](C[C@@H]1CCCNC1=O)NC(=O)[C@H]1[C@H]2CC[C@H](CC2(F)F)N1C(=O)[C@@H](CC1CCC1)NC(=O)C(F)(F)F. The van der Waals surface area contributed by atoms with E-state index in [0.29, 0.717) is 32.2 Å². The fourth-order valence-corrected chi connectivity index (χ4v) is 6.27. The number of hydrogen-bond donors (Lipinski definition) is 3. The quantitative estimate of drug-likeness (QED) is 0.391. The Kier molecular flexibility index (Phi) is 8.37. The number of fused-ring (bicyclic) bond motifs is 3. The molecule has 14 heteroatoms. The van der Waals surface area contributed by atoms with E-state index in [0.717, 1.165) is 11.3 Å². The molecule has 5 rings (SSSR count). The van der Waals surface area contributed by atoms with Gasteiger partial charge in [-0.2, -0.15) is 18.4 Å². The van der Waals surface area contributed by atoms with E-state index in [-0.39, 0.29) is 37.5 Å². The maximum absolute atomic E-state index is 15.0. The van der Waals surface area contributed by atoms with Crippen LogP contribution in [0.4, 0.5) is 22.0 Å². The molecule has 3 aliphatic heterocycles. The van der Waals surface area contributed by atoms with Crippen molar-refractivity contribution >= 4 is 23.6 Å². The third kappa shape index (κ3) is 6.27. The summed E-state index contributed by atoms with van der Waals surface area (Å²) in [5, 5.41) is 16.4. The smallest absolute Gasteiger partial charge is 0.356 e. The van der Waals surface area contributed by atoms with Crippen molar-refractivity contribution in [1.29, 1.82) is 5.26 Å². The molecule has 0 aromatic carbocycles. The van der Waals surface area contributed by atoms with E-state index in [9.17, 15) is 46.4 Å². The van der Waals surface area contributed by atoms with Crippen LogP contribution in [0.3, 0.4) is 0 Å². The average Bonchev–Trinajstić information content (AvgIpc) is 2.84. The topological polar surface area (TPSA) is 131 Å². The zero-order valence-electron chi connectivity index (χ0n) is 21.2. The first kappa shape index (κ1) is 29.0. The lowest BCUT2D eigenvalue weighted by Crippen LogP contribution is -2.71. The molecule has 216 valence electrons. The van der Waals surface area contributed by atoms with E-state index in [1.807, 2.05) is 6.07 Å². The van der Waals surface area contributed by atoms with Crippen LogP contribution in [0.5, 0.6) is 0 Å². The van der Waals surface area contributed by atoms with Crippen molar-refractivity contribution in [3.63, 3.8) is 0 Å². The summed E-state index contributed by atoms with van der Waals surface area (Å²) in [6.07, 6.45) is -2.84. The fourth-order valence-electron chi connectivity index (χ4n) is 6.27. The Morgan fingerprint density at radius 1 is 1.08 bits per heavy atom. The lowest BCUT2D eigenvalue weighted by Gasteiger charge is -2.54. The first-order valence-corrected chi connectivity index (χ1v) is 13.4. The molecular formula is C25H32F5N5O4. The Hall–Kier alpha value is -2.98. The summed E-state index contributed by atoms with van der Waals surface area (Å²) in [6.45, 7) is 0.489. The van der Waals surface area contributed by atoms with Crippen molar-refractivity contribution in [2.75, 3.05) is 6.54 Å². The van der Waals surface area contributed by atoms with Crippen molar-refractivity contribution in [2.24, 2.45) is 17.8 Å². The summed E-state index contributed by atoms with van der Waals surface area (Å²) in [6, 6.07) is -3.82. The number of alkyl halides is 5. The highest BCUT2D eigenvalue weighted by atomic mass is 19.4. The first-order valence-electron chi connectivity index (χ1n) is 13.4. The van der Waals surface area contributed by atoms with Gasteiger partial charge in [-0.1, -0.05) is 19.3 Å². The van der Waals surface area contributed by atoms with Gasteiger partial charge in [0.1, 0.15) is 18.1 Å². The number of halogens is 5. The second-order valence-corrected chi connectivity index (χ2v) is 11.1. The number of amides is 4. The Bertz CT molecular complexity index is 1030. The van der Waals surface area contributed by atoms with Gasteiger partial charge in [0.25, 0.3) is 5.92 Å². The number of nitrogens with one attached hydrogen (secondary N) is 3. The summed E-state index contributed by atoms with van der Waals surface area (Å²) in [7, 11) is 0. The molecule has 2 saturated carbocycles. The van der Waals surface area contributed by atoms with E-state index in [4.69, 9.17) is 0 Å². The van der Waals surface area contributed by atoms with Gasteiger partial charge in [0, 0.05) is 24.9 Å². The molecular weight excluding hydrogens is 529 g/mol. The molecule has 5 fully saturated rings. The molecule has 5 aliphatic rings. The number of piperidine rings is 3. The van der Waals surface area contributed by atoms with E-state index >= 15 is 0 Å². The average molecular weight is 562 g/mol. The van der Waals surface area contributed by atoms with Gasteiger partial charge in [-0.05, 0) is 44.4 Å². The number of rotatable bonds is 8. The lowest BCUT2D eigenvalue weighted by atomic mass is 9.71. The molecule has 6 atom stereocenters. The molecule has 3 N–H and O–H groups in total. The van der Waals surface area contributed by atoms with Crippen LogP contribution >= 0.6 is 0 Å².